The zero-order valence-electron chi connectivity index (χ0n) is 17.9. The average Bonchev–Trinajstić information content (AvgIpc) is 3.53. The molecule has 2 aliphatic carbocycles. The maximum Gasteiger partial charge on any atom is 0.256 e. The number of hydrogen-bond donors (Lipinski definition) is 1. The van der Waals surface area contributed by atoms with Crippen LogP contribution < -0.4 is 19.7 Å². The van der Waals surface area contributed by atoms with Gasteiger partial charge in [0.2, 0.25) is 5.88 Å². The summed E-state index contributed by atoms with van der Waals surface area (Å²) in [5.41, 5.74) is 1.60. The van der Waals surface area contributed by atoms with Gasteiger partial charge in [0.05, 0.1) is 31.2 Å². The van der Waals surface area contributed by atoms with E-state index in [1.54, 1.807) is 16.9 Å². The second kappa shape index (κ2) is 7.03. The Morgan fingerprint density at radius 3 is 3.03 bits per heavy atom. The minimum Gasteiger partial charge on any atom is -0.483 e. The highest BCUT2D eigenvalue weighted by molar-refractivity contribution is 6.00. The number of hydrogen-bond acceptors (Lipinski definition) is 7. The number of pyridine rings is 1. The van der Waals surface area contributed by atoms with Crippen molar-refractivity contribution in [1.29, 1.82) is 0 Å². The number of halogens is 1. The number of aromatic nitrogens is 4. The summed E-state index contributed by atoms with van der Waals surface area (Å²) in [5, 5.41) is 7.47. The van der Waals surface area contributed by atoms with Gasteiger partial charge in [0.25, 0.3) is 5.91 Å². The van der Waals surface area contributed by atoms with Crippen molar-refractivity contribution in [2.24, 2.45) is 0 Å². The maximum atomic E-state index is 14.3. The van der Waals surface area contributed by atoms with E-state index in [9.17, 15) is 9.18 Å². The zero-order valence-corrected chi connectivity index (χ0v) is 17.9. The molecule has 4 aliphatic rings. The van der Waals surface area contributed by atoms with Gasteiger partial charge in [-0.3, -0.25) is 4.79 Å². The monoisotopic (exact) mass is 450 g/mol. The predicted molar refractivity (Wildman–Crippen MR) is 115 cm³/mol. The second-order valence-corrected chi connectivity index (χ2v) is 9.38. The molecule has 4 atom stereocenters. The molecular weight excluding hydrogens is 427 g/mol. The molecule has 0 spiro atoms. The van der Waals surface area contributed by atoms with Crippen molar-refractivity contribution in [3.8, 4) is 11.6 Å². The molecule has 4 bridgehead atoms. The summed E-state index contributed by atoms with van der Waals surface area (Å²) in [4.78, 5) is 24.4. The summed E-state index contributed by atoms with van der Waals surface area (Å²) in [5.74, 6) is 1.10. The molecule has 33 heavy (non-hydrogen) atoms. The molecule has 5 heterocycles. The molecule has 3 aromatic heterocycles. The van der Waals surface area contributed by atoms with E-state index in [1.165, 1.54) is 12.3 Å². The number of ether oxygens (including phenoxy) is 2. The number of carbonyl (C=O) groups is 1. The van der Waals surface area contributed by atoms with E-state index in [-0.39, 0.29) is 30.2 Å². The lowest BCUT2D eigenvalue weighted by molar-refractivity contribution is 0.0936. The fourth-order valence-electron chi connectivity index (χ4n) is 5.72. The molecule has 2 fully saturated rings. The predicted octanol–water partition coefficient (Wildman–Crippen LogP) is 2.63. The first kappa shape index (κ1) is 19.1. The first-order valence-corrected chi connectivity index (χ1v) is 11.6. The zero-order chi connectivity index (χ0) is 22.1. The van der Waals surface area contributed by atoms with Crippen LogP contribution in [0.15, 0.2) is 24.7 Å². The van der Waals surface area contributed by atoms with Crippen molar-refractivity contribution in [3.05, 3.63) is 41.6 Å². The fraction of sp³-hybridized carbons (Fsp3) is 0.478. The number of rotatable bonds is 0. The van der Waals surface area contributed by atoms with Gasteiger partial charge in [-0.05, 0) is 38.2 Å². The lowest BCUT2D eigenvalue weighted by Crippen LogP contribution is -2.47. The molecule has 2 saturated carbocycles. The van der Waals surface area contributed by atoms with Crippen LogP contribution in [0.5, 0.6) is 11.6 Å². The van der Waals surface area contributed by atoms with E-state index < -0.39 is 5.82 Å². The minimum absolute atomic E-state index is 0.0130. The van der Waals surface area contributed by atoms with Gasteiger partial charge < -0.3 is 19.7 Å². The molecular formula is C23H23FN6O3. The van der Waals surface area contributed by atoms with Crippen LogP contribution in [0.25, 0.3) is 5.65 Å². The standard InChI is InChI=1S/C23H23FN6O3/c24-13-6-12-10-29-17-2-1-3-18(17)33-19-11-30-20(28-21(19)29)16(9-26-30)22(31)27-14-4-5-15(7-14)32-23(12)25-8-13/h6,8-9,11,14-15,17-18H,1-5,7,10H2,(H,27,31)/t14-,15+,17-,18+/m1/s1. The minimum atomic E-state index is -0.395. The number of nitrogens with one attached hydrogen (secondary N) is 1. The van der Waals surface area contributed by atoms with Gasteiger partial charge in [0.15, 0.2) is 17.2 Å². The molecule has 2 aliphatic heterocycles. The van der Waals surface area contributed by atoms with Crippen molar-refractivity contribution in [1.82, 2.24) is 24.9 Å². The Balaban J connectivity index is 1.42. The number of nitrogens with zero attached hydrogens (tertiary/aromatic N) is 5. The topological polar surface area (TPSA) is 93.9 Å². The van der Waals surface area contributed by atoms with Crippen LogP contribution in [0.4, 0.5) is 10.2 Å². The highest BCUT2D eigenvalue weighted by Crippen LogP contribution is 2.42. The molecule has 10 heteroatoms. The normalized spacial score (nSPS) is 28.0. The molecule has 1 amide bonds. The van der Waals surface area contributed by atoms with Gasteiger partial charge in [0.1, 0.15) is 23.6 Å². The lowest BCUT2D eigenvalue weighted by atomic mass is 10.1. The summed E-state index contributed by atoms with van der Waals surface area (Å²) < 4.78 is 28.4. The van der Waals surface area contributed by atoms with Gasteiger partial charge in [-0.15, -0.1) is 0 Å². The van der Waals surface area contributed by atoms with Crippen LogP contribution in [0.1, 0.15) is 54.4 Å². The summed E-state index contributed by atoms with van der Waals surface area (Å²) >= 11 is 0. The van der Waals surface area contributed by atoms with Crippen LogP contribution in [0, 0.1) is 5.82 Å². The Hall–Kier alpha value is -3.43. The Labute approximate surface area is 188 Å². The van der Waals surface area contributed by atoms with E-state index in [0.29, 0.717) is 47.2 Å². The SMILES string of the molecule is O=C1N[C@@H]2CC[C@@H](C2)Oc2ncc(F)cc2CN2c3nc4c1cnn4cc3O[C@H]1CCC[C@H]12. The average molecular weight is 450 g/mol. The third-order valence-corrected chi connectivity index (χ3v) is 7.28. The van der Waals surface area contributed by atoms with Crippen molar-refractivity contribution in [2.75, 3.05) is 4.90 Å². The van der Waals surface area contributed by atoms with E-state index in [2.05, 4.69) is 20.3 Å². The highest BCUT2D eigenvalue weighted by atomic mass is 19.1. The lowest BCUT2D eigenvalue weighted by Gasteiger charge is -2.39. The van der Waals surface area contributed by atoms with E-state index in [4.69, 9.17) is 14.5 Å². The van der Waals surface area contributed by atoms with E-state index in [1.807, 2.05) is 0 Å². The highest BCUT2D eigenvalue weighted by Gasteiger charge is 2.41. The third kappa shape index (κ3) is 3.03. The van der Waals surface area contributed by atoms with Crippen molar-refractivity contribution in [3.63, 3.8) is 0 Å². The number of amides is 1. The number of carbonyl (C=O) groups excluding carboxylic acids is 1. The first-order chi connectivity index (χ1) is 16.1. The number of fused-ring (bicyclic) bond motifs is 5. The second-order valence-electron chi connectivity index (χ2n) is 9.38. The molecule has 0 radical (unpaired) electrons. The molecule has 1 N–H and O–H groups in total. The van der Waals surface area contributed by atoms with Gasteiger partial charge >= 0.3 is 0 Å². The fourth-order valence-corrected chi connectivity index (χ4v) is 5.72. The van der Waals surface area contributed by atoms with Gasteiger partial charge in [-0.1, -0.05) is 0 Å². The summed E-state index contributed by atoms with van der Waals surface area (Å²) in [6.45, 7) is 0.395. The van der Waals surface area contributed by atoms with Crippen LogP contribution in [-0.2, 0) is 6.54 Å². The van der Waals surface area contributed by atoms with E-state index >= 15 is 0 Å². The van der Waals surface area contributed by atoms with E-state index in [0.717, 1.165) is 32.1 Å². The third-order valence-electron chi connectivity index (χ3n) is 7.28. The molecule has 0 aromatic carbocycles. The Kier molecular flexibility index (Phi) is 4.07. The van der Waals surface area contributed by atoms with Crippen LogP contribution in [-0.4, -0.2) is 49.8 Å². The quantitative estimate of drug-likeness (QED) is 0.563. The summed E-state index contributed by atoms with van der Waals surface area (Å²) in [6.07, 6.45) is 9.69. The van der Waals surface area contributed by atoms with Crippen molar-refractivity contribution >= 4 is 17.4 Å². The Morgan fingerprint density at radius 2 is 2.09 bits per heavy atom. The largest absolute Gasteiger partial charge is 0.483 e. The molecule has 170 valence electrons. The van der Waals surface area contributed by atoms with Gasteiger partial charge in [0, 0.05) is 18.0 Å². The maximum absolute atomic E-state index is 14.3. The van der Waals surface area contributed by atoms with Crippen LogP contribution >= 0.6 is 0 Å². The molecule has 3 aromatic rings. The van der Waals surface area contributed by atoms with Gasteiger partial charge in [-0.2, -0.15) is 5.10 Å². The molecule has 0 unspecified atom stereocenters. The van der Waals surface area contributed by atoms with Crippen LogP contribution in [0.3, 0.4) is 0 Å². The Bertz CT molecular complexity index is 1280. The van der Waals surface area contributed by atoms with Crippen molar-refractivity contribution in [2.45, 2.75) is 69.4 Å². The molecule has 0 saturated heterocycles. The summed E-state index contributed by atoms with van der Waals surface area (Å²) in [6, 6.07) is 1.60. The van der Waals surface area contributed by atoms with Gasteiger partial charge in [-0.25, -0.2) is 18.9 Å². The first-order valence-electron chi connectivity index (χ1n) is 11.6. The summed E-state index contributed by atoms with van der Waals surface area (Å²) in [7, 11) is 0. The molecule has 7 rings (SSSR count). The van der Waals surface area contributed by atoms with Crippen molar-refractivity contribution < 1.29 is 18.7 Å². The Morgan fingerprint density at radius 1 is 1.15 bits per heavy atom. The smallest absolute Gasteiger partial charge is 0.256 e. The van der Waals surface area contributed by atoms with Crippen LogP contribution in [0.2, 0.25) is 0 Å². The number of anilines is 1. The molecule has 9 nitrogen and oxygen atoms in total.